The van der Waals surface area contributed by atoms with E-state index in [1.807, 2.05) is 11.8 Å². The average molecular weight is 409 g/mol. The minimum atomic E-state index is -0.0838. The van der Waals surface area contributed by atoms with Gasteiger partial charge >= 0.3 is 5.97 Å². The zero-order valence-electron chi connectivity index (χ0n) is 18.4. The van der Waals surface area contributed by atoms with Crippen molar-refractivity contribution in [2.45, 2.75) is 83.6 Å². The van der Waals surface area contributed by atoms with Gasteiger partial charge in [-0.15, -0.1) is 0 Å². The quantitative estimate of drug-likeness (QED) is 0.238. The number of unbranched alkanes of at least 4 members (excludes halogenated alkanes) is 4. The molecule has 2 aliphatic rings. The van der Waals surface area contributed by atoms with E-state index in [1.165, 1.54) is 12.8 Å². The van der Waals surface area contributed by atoms with Gasteiger partial charge in [-0.1, -0.05) is 32.1 Å². The number of ether oxygens (including phenoxy) is 1. The Balaban J connectivity index is 1.52. The third-order valence-electron chi connectivity index (χ3n) is 5.92. The van der Waals surface area contributed by atoms with Crippen LogP contribution < -0.4 is 10.6 Å². The molecular weight excluding hydrogens is 368 g/mol. The summed E-state index contributed by atoms with van der Waals surface area (Å²) < 4.78 is 4.93. The number of nitrogens with zero attached hydrogens (tertiary/aromatic N) is 2. The van der Waals surface area contributed by atoms with E-state index in [0.717, 1.165) is 77.0 Å². The lowest BCUT2D eigenvalue weighted by molar-refractivity contribution is -0.143. The fourth-order valence-corrected chi connectivity index (χ4v) is 4.26. The number of carbonyl (C=O) groups excluding carboxylic acids is 2. The van der Waals surface area contributed by atoms with E-state index < -0.39 is 0 Å². The van der Waals surface area contributed by atoms with E-state index in [2.05, 4.69) is 15.6 Å². The minimum absolute atomic E-state index is 0.0838. The molecule has 1 aliphatic heterocycles. The molecule has 1 amide bonds. The van der Waals surface area contributed by atoms with Crippen molar-refractivity contribution in [2.24, 2.45) is 10.9 Å². The summed E-state index contributed by atoms with van der Waals surface area (Å²) in [5.74, 6) is 1.37. The normalized spacial score (nSPS) is 20.1. The molecule has 166 valence electrons. The number of likely N-dealkylation sites (tertiary alicyclic amines) is 1. The molecule has 1 unspecified atom stereocenters. The van der Waals surface area contributed by atoms with Crippen molar-refractivity contribution in [3.8, 4) is 0 Å². The molecule has 7 nitrogen and oxygen atoms in total. The second kappa shape index (κ2) is 13.4. The first kappa shape index (κ1) is 23.5. The monoisotopic (exact) mass is 408 g/mol. The van der Waals surface area contributed by atoms with Gasteiger partial charge in [0.05, 0.1) is 6.61 Å². The Morgan fingerprint density at radius 3 is 2.52 bits per heavy atom. The van der Waals surface area contributed by atoms with Crippen LogP contribution in [0.1, 0.15) is 77.6 Å². The van der Waals surface area contributed by atoms with E-state index in [1.54, 1.807) is 7.05 Å². The zero-order chi connectivity index (χ0) is 20.9. The molecule has 29 heavy (non-hydrogen) atoms. The fourth-order valence-electron chi connectivity index (χ4n) is 4.26. The molecule has 0 aromatic rings. The number of aliphatic imine (C=N–C) groups is 1. The highest BCUT2D eigenvalue weighted by atomic mass is 16.5. The number of hydrogen-bond acceptors (Lipinski definition) is 4. The van der Waals surface area contributed by atoms with Crippen LogP contribution in [-0.2, 0) is 14.3 Å². The molecule has 0 bridgehead atoms. The number of rotatable bonds is 11. The molecule has 1 aliphatic carbocycles. The molecule has 1 saturated carbocycles. The van der Waals surface area contributed by atoms with E-state index >= 15 is 0 Å². The smallest absolute Gasteiger partial charge is 0.305 e. The average Bonchev–Trinajstić information content (AvgIpc) is 3.41. The summed E-state index contributed by atoms with van der Waals surface area (Å²) in [6.45, 7) is 4.84. The number of guanidine groups is 1. The zero-order valence-corrected chi connectivity index (χ0v) is 18.4. The largest absolute Gasteiger partial charge is 0.466 e. The predicted octanol–water partition coefficient (Wildman–Crippen LogP) is 2.85. The first-order valence-corrected chi connectivity index (χ1v) is 11.6. The summed E-state index contributed by atoms with van der Waals surface area (Å²) in [7, 11) is 1.79. The molecule has 2 fully saturated rings. The second-order valence-corrected chi connectivity index (χ2v) is 8.22. The molecule has 0 aromatic carbocycles. The number of nitrogens with one attached hydrogen (secondary N) is 2. The van der Waals surface area contributed by atoms with Crippen LogP contribution in [0.25, 0.3) is 0 Å². The highest BCUT2D eigenvalue weighted by Crippen LogP contribution is 2.27. The molecule has 1 saturated heterocycles. The highest BCUT2D eigenvalue weighted by molar-refractivity contribution is 5.81. The number of amides is 1. The van der Waals surface area contributed by atoms with Crippen molar-refractivity contribution < 1.29 is 14.3 Å². The molecule has 2 rings (SSSR count). The van der Waals surface area contributed by atoms with Crippen LogP contribution in [0.3, 0.4) is 0 Å². The second-order valence-electron chi connectivity index (χ2n) is 8.22. The van der Waals surface area contributed by atoms with Gasteiger partial charge in [-0.2, -0.15) is 0 Å². The van der Waals surface area contributed by atoms with Gasteiger partial charge in [0.2, 0.25) is 5.91 Å². The Kier molecular flexibility index (Phi) is 10.9. The SMILES string of the molecule is CCOC(=O)CCCCCCCNC(=NC)NC1CCN(C(=O)C2CCCC2)C1. The first-order chi connectivity index (χ1) is 14.1. The van der Waals surface area contributed by atoms with E-state index in [-0.39, 0.29) is 17.9 Å². The van der Waals surface area contributed by atoms with E-state index in [4.69, 9.17) is 4.74 Å². The fraction of sp³-hybridized carbons (Fsp3) is 0.864. The van der Waals surface area contributed by atoms with Crippen LogP contribution in [-0.4, -0.2) is 62.1 Å². The Labute approximate surface area is 176 Å². The Morgan fingerprint density at radius 2 is 1.79 bits per heavy atom. The molecule has 2 N–H and O–H groups in total. The summed E-state index contributed by atoms with van der Waals surface area (Å²) in [4.78, 5) is 30.2. The summed E-state index contributed by atoms with van der Waals surface area (Å²) in [6, 6.07) is 0.287. The maximum atomic E-state index is 12.6. The number of carbonyl (C=O) groups is 2. The Morgan fingerprint density at radius 1 is 1.07 bits per heavy atom. The van der Waals surface area contributed by atoms with Gasteiger partial charge in [0.25, 0.3) is 0 Å². The first-order valence-electron chi connectivity index (χ1n) is 11.6. The summed E-state index contributed by atoms with van der Waals surface area (Å²) in [5.41, 5.74) is 0. The predicted molar refractivity (Wildman–Crippen MR) is 116 cm³/mol. The van der Waals surface area contributed by atoms with Crippen LogP contribution in [0, 0.1) is 5.92 Å². The van der Waals surface area contributed by atoms with Gasteiger partial charge < -0.3 is 20.3 Å². The summed E-state index contributed by atoms with van der Waals surface area (Å²) in [6.07, 6.45) is 11.4. The van der Waals surface area contributed by atoms with Crippen LogP contribution >= 0.6 is 0 Å². The standard InChI is InChI=1S/C22H40N4O3/c1-3-29-20(27)13-7-5-4-6-10-15-24-22(23-2)25-19-14-16-26(17-19)21(28)18-11-8-9-12-18/h18-19H,3-17H2,1-2H3,(H2,23,24,25). The summed E-state index contributed by atoms with van der Waals surface area (Å²) in [5, 5.41) is 6.85. The van der Waals surface area contributed by atoms with Gasteiger partial charge in [-0.25, -0.2) is 0 Å². The molecule has 7 heteroatoms. The van der Waals surface area contributed by atoms with Crippen LogP contribution in [0.15, 0.2) is 4.99 Å². The Bertz CT molecular complexity index is 532. The summed E-state index contributed by atoms with van der Waals surface area (Å²) >= 11 is 0. The number of esters is 1. The molecule has 1 heterocycles. The highest BCUT2D eigenvalue weighted by Gasteiger charge is 2.32. The lowest BCUT2D eigenvalue weighted by Gasteiger charge is -2.21. The Hall–Kier alpha value is -1.79. The van der Waals surface area contributed by atoms with Crippen LogP contribution in [0.5, 0.6) is 0 Å². The van der Waals surface area contributed by atoms with Gasteiger partial charge in [0.15, 0.2) is 5.96 Å². The maximum Gasteiger partial charge on any atom is 0.305 e. The van der Waals surface area contributed by atoms with Gasteiger partial charge in [0, 0.05) is 45.1 Å². The lowest BCUT2D eigenvalue weighted by atomic mass is 10.1. The number of hydrogen-bond donors (Lipinski definition) is 2. The van der Waals surface area contributed by atoms with Crippen molar-refractivity contribution in [2.75, 3.05) is 33.3 Å². The van der Waals surface area contributed by atoms with Gasteiger partial charge in [-0.3, -0.25) is 14.6 Å². The molecule has 1 atom stereocenters. The van der Waals surface area contributed by atoms with E-state index in [0.29, 0.717) is 18.9 Å². The van der Waals surface area contributed by atoms with Crippen molar-refractivity contribution in [3.05, 3.63) is 0 Å². The van der Waals surface area contributed by atoms with Crippen molar-refractivity contribution in [3.63, 3.8) is 0 Å². The van der Waals surface area contributed by atoms with Crippen molar-refractivity contribution >= 4 is 17.8 Å². The van der Waals surface area contributed by atoms with Crippen molar-refractivity contribution in [1.82, 2.24) is 15.5 Å². The molecular formula is C22H40N4O3. The lowest BCUT2D eigenvalue weighted by Crippen LogP contribution is -2.45. The van der Waals surface area contributed by atoms with Crippen LogP contribution in [0.2, 0.25) is 0 Å². The van der Waals surface area contributed by atoms with Crippen molar-refractivity contribution in [1.29, 1.82) is 0 Å². The topological polar surface area (TPSA) is 83.0 Å². The van der Waals surface area contributed by atoms with Gasteiger partial charge in [0.1, 0.15) is 0 Å². The van der Waals surface area contributed by atoms with Gasteiger partial charge in [-0.05, 0) is 39.0 Å². The third-order valence-corrected chi connectivity index (χ3v) is 5.92. The maximum absolute atomic E-state index is 12.6. The van der Waals surface area contributed by atoms with E-state index in [9.17, 15) is 9.59 Å². The third kappa shape index (κ3) is 8.62. The molecule has 0 aromatic heterocycles. The van der Waals surface area contributed by atoms with Crippen LogP contribution in [0.4, 0.5) is 0 Å². The molecule has 0 spiro atoms. The molecule has 0 radical (unpaired) electrons. The minimum Gasteiger partial charge on any atom is -0.466 e.